The van der Waals surface area contributed by atoms with E-state index >= 15 is 0 Å². The molecule has 186 valence electrons. The number of benzene rings is 2. The van der Waals surface area contributed by atoms with Crippen LogP contribution in [0.2, 0.25) is 0 Å². The molecule has 0 spiro atoms. The smallest absolute Gasteiger partial charge is 0.343 e. The molecule has 37 heavy (non-hydrogen) atoms. The summed E-state index contributed by atoms with van der Waals surface area (Å²) in [5.41, 5.74) is 2.99. The fourth-order valence-electron chi connectivity index (χ4n) is 4.10. The molecule has 0 aliphatic heterocycles. The van der Waals surface area contributed by atoms with E-state index in [4.69, 9.17) is 4.74 Å². The molecule has 2 N–H and O–H groups in total. The Morgan fingerprint density at radius 1 is 1.05 bits per heavy atom. The highest BCUT2D eigenvalue weighted by atomic mass is 16.5. The van der Waals surface area contributed by atoms with Crippen molar-refractivity contribution in [3.05, 3.63) is 88.0 Å². The molecule has 1 amide bonds. The monoisotopic (exact) mass is 496 g/mol. The van der Waals surface area contributed by atoms with Crippen molar-refractivity contribution in [1.29, 1.82) is 0 Å². The van der Waals surface area contributed by atoms with E-state index in [1.54, 1.807) is 19.1 Å². The minimum Gasteiger partial charge on any atom is -0.462 e. The number of amides is 1. The summed E-state index contributed by atoms with van der Waals surface area (Å²) in [4.78, 5) is 49.9. The molecule has 2 aromatic carbocycles. The van der Waals surface area contributed by atoms with Crippen LogP contribution >= 0.6 is 0 Å². The Labute approximate surface area is 211 Å². The summed E-state index contributed by atoms with van der Waals surface area (Å²) in [6.07, 6.45) is 1.42. The number of carbonyl (C=O) groups excluding carboxylic acids is 2. The third-order valence-electron chi connectivity index (χ3n) is 5.91. The lowest BCUT2D eigenvalue weighted by atomic mass is 10.1. The molecule has 5 aromatic rings. The van der Waals surface area contributed by atoms with Crippen molar-refractivity contribution in [2.45, 2.75) is 26.7 Å². The van der Waals surface area contributed by atoms with E-state index in [0.717, 1.165) is 16.5 Å². The first-order valence-corrected chi connectivity index (χ1v) is 11.8. The summed E-state index contributed by atoms with van der Waals surface area (Å²) < 4.78 is 6.57. The number of fused-ring (bicyclic) bond motifs is 2. The predicted molar refractivity (Wildman–Crippen MR) is 139 cm³/mol. The van der Waals surface area contributed by atoms with Gasteiger partial charge >= 0.3 is 5.97 Å². The Balaban J connectivity index is 1.45. The Bertz CT molecular complexity index is 1700. The molecule has 0 atom stereocenters. The molecule has 0 aliphatic carbocycles. The zero-order chi connectivity index (χ0) is 25.9. The highest BCUT2D eigenvalue weighted by Crippen LogP contribution is 2.24. The standard InChI is InChI=1S/C27H24N6O4/c1-3-37-27(36)18-15-28-33(23-14-16(2)17-8-4-5-9-19(17)30-23)25(18)32-24(34)13-12-22-26(35)31-21-11-7-6-10-20(21)29-22/h4-11,14-15H,3,12-13H2,1-2H3,(H,31,35)(H,32,34). The number of aromatic amines is 1. The third kappa shape index (κ3) is 4.81. The highest BCUT2D eigenvalue weighted by Gasteiger charge is 2.23. The van der Waals surface area contributed by atoms with Gasteiger partial charge in [-0.3, -0.25) is 9.59 Å². The predicted octanol–water partition coefficient (Wildman–Crippen LogP) is 3.71. The van der Waals surface area contributed by atoms with Crippen molar-refractivity contribution in [2.75, 3.05) is 11.9 Å². The largest absolute Gasteiger partial charge is 0.462 e. The van der Waals surface area contributed by atoms with E-state index in [-0.39, 0.29) is 42.1 Å². The Hall–Kier alpha value is -4.86. The van der Waals surface area contributed by atoms with Gasteiger partial charge in [0.1, 0.15) is 11.3 Å². The third-order valence-corrected chi connectivity index (χ3v) is 5.91. The van der Waals surface area contributed by atoms with Gasteiger partial charge in [-0.05, 0) is 43.7 Å². The van der Waals surface area contributed by atoms with Gasteiger partial charge in [0.15, 0.2) is 11.6 Å². The molecule has 5 rings (SSSR count). The summed E-state index contributed by atoms with van der Waals surface area (Å²) in [6, 6.07) is 16.7. The number of nitrogens with one attached hydrogen (secondary N) is 2. The maximum absolute atomic E-state index is 13.0. The molecule has 3 aromatic heterocycles. The molecule has 3 heterocycles. The van der Waals surface area contributed by atoms with Crippen molar-refractivity contribution in [3.8, 4) is 5.82 Å². The van der Waals surface area contributed by atoms with Gasteiger partial charge in [0, 0.05) is 18.2 Å². The number of pyridine rings is 1. The van der Waals surface area contributed by atoms with Crippen LogP contribution in [0.1, 0.15) is 35.0 Å². The van der Waals surface area contributed by atoms with E-state index in [9.17, 15) is 14.4 Å². The molecule has 10 heteroatoms. The maximum Gasteiger partial charge on any atom is 0.343 e. The number of H-pyrrole nitrogens is 1. The van der Waals surface area contributed by atoms with Crippen molar-refractivity contribution >= 4 is 39.6 Å². The minimum atomic E-state index is -0.616. The molecule has 0 saturated heterocycles. The minimum absolute atomic E-state index is 0.0357. The van der Waals surface area contributed by atoms with Crippen LogP contribution in [0.3, 0.4) is 0 Å². The molecule has 0 unspecified atom stereocenters. The van der Waals surface area contributed by atoms with E-state index in [0.29, 0.717) is 16.9 Å². The van der Waals surface area contributed by atoms with Gasteiger partial charge in [0.2, 0.25) is 5.91 Å². The Kier molecular flexibility index (Phi) is 6.46. The van der Waals surface area contributed by atoms with E-state index < -0.39 is 11.9 Å². The van der Waals surface area contributed by atoms with Gasteiger partial charge in [-0.25, -0.2) is 14.8 Å². The SMILES string of the molecule is CCOC(=O)c1cnn(-c2cc(C)c3ccccc3n2)c1NC(=O)CCc1nc2ccccc2[nH]c1=O. The number of esters is 1. The first-order chi connectivity index (χ1) is 17.9. The zero-order valence-corrected chi connectivity index (χ0v) is 20.3. The number of aromatic nitrogens is 5. The van der Waals surface area contributed by atoms with Gasteiger partial charge < -0.3 is 15.0 Å². The second-order valence-electron chi connectivity index (χ2n) is 8.43. The summed E-state index contributed by atoms with van der Waals surface area (Å²) in [5, 5.41) is 8.09. The van der Waals surface area contributed by atoms with Gasteiger partial charge in [0.05, 0.1) is 29.4 Å². The fourth-order valence-corrected chi connectivity index (χ4v) is 4.10. The van der Waals surface area contributed by atoms with Crippen LogP contribution in [0.5, 0.6) is 0 Å². The van der Waals surface area contributed by atoms with Crippen LogP contribution in [-0.4, -0.2) is 43.2 Å². The number of nitrogens with zero attached hydrogens (tertiary/aromatic N) is 4. The first kappa shape index (κ1) is 23.9. The highest BCUT2D eigenvalue weighted by molar-refractivity contribution is 6.00. The van der Waals surface area contributed by atoms with E-state index in [1.807, 2.05) is 49.4 Å². The summed E-state index contributed by atoms with van der Waals surface area (Å²) in [5.74, 6) is -0.450. The number of anilines is 1. The zero-order valence-electron chi connectivity index (χ0n) is 20.3. The van der Waals surface area contributed by atoms with Gasteiger partial charge in [-0.15, -0.1) is 0 Å². The lowest BCUT2D eigenvalue weighted by molar-refractivity contribution is -0.116. The van der Waals surface area contributed by atoms with Crippen LogP contribution in [0, 0.1) is 6.92 Å². The van der Waals surface area contributed by atoms with Crippen molar-refractivity contribution in [2.24, 2.45) is 0 Å². The molecular weight excluding hydrogens is 472 g/mol. The average Bonchev–Trinajstić information content (AvgIpc) is 3.31. The van der Waals surface area contributed by atoms with Crippen LogP contribution in [-0.2, 0) is 16.0 Å². The van der Waals surface area contributed by atoms with Crippen molar-refractivity contribution in [3.63, 3.8) is 0 Å². The summed E-state index contributed by atoms with van der Waals surface area (Å²) >= 11 is 0. The van der Waals surface area contributed by atoms with Crippen LogP contribution < -0.4 is 10.9 Å². The van der Waals surface area contributed by atoms with Gasteiger partial charge in [0.25, 0.3) is 5.56 Å². The number of hydrogen-bond acceptors (Lipinski definition) is 7. The summed E-state index contributed by atoms with van der Waals surface area (Å²) in [6.45, 7) is 3.82. The number of aryl methyl sites for hydroxylation is 2. The Morgan fingerprint density at radius 2 is 1.81 bits per heavy atom. The average molecular weight is 497 g/mol. The molecule has 0 fully saturated rings. The second kappa shape index (κ2) is 10.0. The van der Waals surface area contributed by atoms with Crippen LogP contribution in [0.4, 0.5) is 5.82 Å². The molecule has 0 saturated carbocycles. The maximum atomic E-state index is 13.0. The van der Waals surface area contributed by atoms with E-state index in [1.165, 1.54) is 10.9 Å². The molecular formula is C27H24N6O4. The first-order valence-electron chi connectivity index (χ1n) is 11.8. The van der Waals surface area contributed by atoms with E-state index in [2.05, 4.69) is 25.4 Å². The normalized spacial score (nSPS) is 11.1. The van der Waals surface area contributed by atoms with Crippen molar-refractivity contribution < 1.29 is 14.3 Å². The fraction of sp³-hybridized carbons (Fsp3) is 0.185. The topological polar surface area (TPSA) is 132 Å². The molecule has 0 bridgehead atoms. The van der Waals surface area contributed by atoms with Gasteiger partial charge in [-0.2, -0.15) is 9.78 Å². The quantitative estimate of drug-likeness (QED) is 0.328. The molecule has 0 aliphatic rings. The number of carbonyl (C=O) groups is 2. The summed E-state index contributed by atoms with van der Waals surface area (Å²) in [7, 11) is 0. The van der Waals surface area contributed by atoms with Crippen LogP contribution in [0.15, 0.2) is 65.6 Å². The number of hydrogen-bond donors (Lipinski definition) is 2. The number of para-hydroxylation sites is 3. The molecule has 10 nitrogen and oxygen atoms in total. The molecule has 0 radical (unpaired) electrons. The lowest BCUT2D eigenvalue weighted by Crippen LogP contribution is -2.21. The Morgan fingerprint density at radius 3 is 2.62 bits per heavy atom. The number of rotatable bonds is 7. The van der Waals surface area contributed by atoms with Crippen LogP contribution in [0.25, 0.3) is 27.8 Å². The lowest BCUT2D eigenvalue weighted by Gasteiger charge is -2.12. The van der Waals surface area contributed by atoms with Crippen molar-refractivity contribution in [1.82, 2.24) is 24.7 Å². The second-order valence-corrected chi connectivity index (χ2v) is 8.43. The number of ether oxygens (including phenoxy) is 1. The van der Waals surface area contributed by atoms with Gasteiger partial charge in [-0.1, -0.05) is 30.3 Å².